The lowest BCUT2D eigenvalue weighted by molar-refractivity contribution is 0.394. The van der Waals surface area contributed by atoms with Crippen molar-refractivity contribution in [3.63, 3.8) is 0 Å². The maximum atomic E-state index is 5.24. The number of nitrogens with one attached hydrogen (secondary N) is 1. The first-order valence-electron chi connectivity index (χ1n) is 7.20. The van der Waals surface area contributed by atoms with Crippen LogP contribution in [0, 0.1) is 5.92 Å². The molecule has 2 heteroatoms. The fourth-order valence-electron chi connectivity index (χ4n) is 3.31. The van der Waals surface area contributed by atoms with Crippen molar-refractivity contribution in [2.75, 3.05) is 14.2 Å². The molecule has 2 nitrogen and oxygen atoms in total. The highest BCUT2D eigenvalue weighted by Gasteiger charge is 2.28. The molecule has 0 heterocycles. The summed E-state index contributed by atoms with van der Waals surface area (Å²) >= 11 is 0. The molecule has 2 aromatic rings. The van der Waals surface area contributed by atoms with Gasteiger partial charge in [-0.05, 0) is 54.6 Å². The van der Waals surface area contributed by atoms with E-state index in [2.05, 4.69) is 48.8 Å². The number of hydrogen-bond acceptors (Lipinski definition) is 2. The molecule has 0 bridgehead atoms. The Labute approximate surface area is 120 Å². The molecule has 3 rings (SSSR count). The van der Waals surface area contributed by atoms with E-state index in [0.717, 1.165) is 18.6 Å². The normalized spacial score (nSPS) is 15.9. The fourth-order valence-corrected chi connectivity index (χ4v) is 3.31. The number of hydrogen-bond donors (Lipinski definition) is 1. The van der Waals surface area contributed by atoms with Crippen LogP contribution in [0.1, 0.15) is 22.7 Å². The van der Waals surface area contributed by atoms with E-state index < -0.39 is 0 Å². The van der Waals surface area contributed by atoms with Crippen molar-refractivity contribution in [1.82, 2.24) is 5.32 Å². The third-order valence-corrected chi connectivity index (χ3v) is 4.34. The minimum absolute atomic E-state index is 0.397. The number of benzene rings is 2. The van der Waals surface area contributed by atoms with E-state index in [0.29, 0.717) is 12.0 Å². The summed E-state index contributed by atoms with van der Waals surface area (Å²) in [5.41, 5.74) is 4.35. The third-order valence-electron chi connectivity index (χ3n) is 4.34. The highest BCUT2D eigenvalue weighted by atomic mass is 16.5. The maximum Gasteiger partial charge on any atom is 0.118 e. The molecule has 104 valence electrons. The lowest BCUT2D eigenvalue weighted by Gasteiger charge is -2.23. The third kappa shape index (κ3) is 2.44. The Morgan fingerprint density at radius 2 is 1.60 bits per heavy atom. The van der Waals surface area contributed by atoms with Crippen molar-refractivity contribution in [2.45, 2.75) is 18.9 Å². The Balaban J connectivity index is 1.81. The van der Waals surface area contributed by atoms with Crippen LogP contribution in [-0.2, 0) is 12.8 Å². The average Bonchev–Trinajstić information content (AvgIpc) is 2.92. The van der Waals surface area contributed by atoms with E-state index >= 15 is 0 Å². The van der Waals surface area contributed by atoms with Gasteiger partial charge in [0.25, 0.3) is 0 Å². The minimum Gasteiger partial charge on any atom is -0.497 e. The molecule has 0 fully saturated rings. The summed E-state index contributed by atoms with van der Waals surface area (Å²) in [6, 6.07) is 17.6. The second kappa shape index (κ2) is 5.68. The molecule has 0 radical (unpaired) electrons. The van der Waals surface area contributed by atoms with Gasteiger partial charge in [0.2, 0.25) is 0 Å². The monoisotopic (exact) mass is 267 g/mol. The van der Waals surface area contributed by atoms with Gasteiger partial charge in [0.15, 0.2) is 0 Å². The van der Waals surface area contributed by atoms with Crippen molar-refractivity contribution in [3.8, 4) is 5.75 Å². The molecule has 2 aromatic carbocycles. The molecular weight excluding hydrogens is 246 g/mol. The van der Waals surface area contributed by atoms with Gasteiger partial charge in [-0.1, -0.05) is 36.4 Å². The molecule has 1 unspecified atom stereocenters. The Bertz CT molecular complexity index is 551. The van der Waals surface area contributed by atoms with E-state index in [9.17, 15) is 0 Å². The molecule has 1 atom stereocenters. The largest absolute Gasteiger partial charge is 0.497 e. The van der Waals surface area contributed by atoms with E-state index in [1.807, 2.05) is 12.1 Å². The molecule has 0 saturated heterocycles. The highest BCUT2D eigenvalue weighted by Crippen LogP contribution is 2.35. The second-order valence-electron chi connectivity index (χ2n) is 5.48. The maximum absolute atomic E-state index is 5.24. The van der Waals surface area contributed by atoms with Gasteiger partial charge >= 0.3 is 0 Å². The number of fused-ring (bicyclic) bond motifs is 1. The van der Waals surface area contributed by atoms with E-state index in [4.69, 9.17) is 4.74 Å². The Morgan fingerprint density at radius 3 is 2.10 bits per heavy atom. The summed E-state index contributed by atoms with van der Waals surface area (Å²) in [6.45, 7) is 0. The van der Waals surface area contributed by atoms with Gasteiger partial charge in [0, 0.05) is 6.04 Å². The van der Waals surface area contributed by atoms with E-state index in [1.165, 1.54) is 16.7 Å². The first-order valence-corrected chi connectivity index (χ1v) is 7.20. The summed E-state index contributed by atoms with van der Waals surface area (Å²) in [7, 11) is 3.76. The van der Waals surface area contributed by atoms with Crippen molar-refractivity contribution in [2.24, 2.45) is 5.92 Å². The van der Waals surface area contributed by atoms with Gasteiger partial charge in [0.05, 0.1) is 7.11 Å². The Morgan fingerprint density at radius 1 is 1.00 bits per heavy atom. The van der Waals surface area contributed by atoms with E-state index in [1.54, 1.807) is 7.11 Å². The average molecular weight is 267 g/mol. The summed E-state index contributed by atoms with van der Waals surface area (Å²) < 4.78 is 5.24. The first-order chi connectivity index (χ1) is 9.81. The highest BCUT2D eigenvalue weighted by molar-refractivity contribution is 5.35. The topological polar surface area (TPSA) is 21.3 Å². The predicted molar refractivity (Wildman–Crippen MR) is 82.1 cm³/mol. The molecule has 0 amide bonds. The predicted octanol–water partition coefficient (Wildman–Crippen LogP) is 3.37. The first kappa shape index (κ1) is 13.2. The lowest BCUT2D eigenvalue weighted by Crippen LogP contribution is -2.25. The molecule has 1 aliphatic carbocycles. The summed E-state index contributed by atoms with van der Waals surface area (Å²) in [4.78, 5) is 0. The van der Waals surface area contributed by atoms with Crippen LogP contribution < -0.4 is 10.1 Å². The summed E-state index contributed by atoms with van der Waals surface area (Å²) in [5, 5.41) is 3.49. The van der Waals surface area contributed by atoms with Crippen molar-refractivity contribution >= 4 is 0 Å². The van der Waals surface area contributed by atoms with Crippen LogP contribution in [-0.4, -0.2) is 14.2 Å². The molecular formula is C18H21NO. The number of ether oxygens (including phenoxy) is 1. The van der Waals surface area contributed by atoms with Gasteiger partial charge < -0.3 is 10.1 Å². The quantitative estimate of drug-likeness (QED) is 0.917. The molecule has 1 aliphatic rings. The van der Waals surface area contributed by atoms with Crippen molar-refractivity contribution in [1.29, 1.82) is 0 Å². The standard InChI is InChI=1S/C18H21NO/c1-19-18(13-7-9-17(20-2)10-8-13)16-11-14-5-3-4-6-15(14)12-16/h3-10,16,18-19H,11-12H2,1-2H3. The SMILES string of the molecule is CNC(c1ccc(OC)cc1)C1Cc2ccccc2C1. The minimum atomic E-state index is 0.397. The van der Waals surface area contributed by atoms with Gasteiger partial charge in [-0.25, -0.2) is 0 Å². The zero-order chi connectivity index (χ0) is 13.9. The van der Waals surface area contributed by atoms with Crippen molar-refractivity contribution in [3.05, 3.63) is 65.2 Å². The molecule has 0 aliphatic heterocycles. The molecule has 0 aromatic heterocycles. The van der Waals surface area contributed by atoms with Crippen molar-refractivity contribution < 1.29 is 4.74 Å². The van der Waals surface area contributed by atoms with Crippen LogP contribution in [0.3, 0.4) is 0 Å². The van der Waals surface area contributed by atoms with Gasteiger partial charge in [0.1, 0.15) is 5.75 Å². The zero-order valence-electron chi connectivity index (χ0n) is 12.1. The van der Waals surface area contributed by atoms with Crippen LogP contribution >= 0.6 is 0 Å². The van der Waals surface area contributed by atoms with Gasteiger partial charge in [-0.3, -0.25) is 0 Å². The van der Waals surface area contributed by atoms with E-state index in [-0.39, 0.29) is 0 Å². The second-order valence-corrected chi connectivity index (χ2v) is 5.48. The summed E-state index contributed by atoms with van der Waals surface area (Å²) in [6.07, 6.45) is 2.32. The van der Waals surface area contributed by atoms with Gasteiger partial charge in [-0.2, -0.15) is 0 Å². The van der Waals surface area contributed by atoms with Crippen LogP contribution in [0.2, 0.25) is 0 Å². The Kier molecular flexibility index (Phi) is 3.75. The molecule has 20 heavy (non-hydrogen) atoms. The smallest absolute Gasteiger partial charge is 0.118 e. The van der Waals surface area contributed by atoms with Crippen LogP contribution in [0.25, 0.3) is 0 Å². The molecule has 0 saturated carbocycles. The fraction of sp³-hybridized carbons (Fsp3) is 0.333. The molecule has 0 spiro atoms. The van der Waals surface area contributed by atoms with Crippen LogP contribution in [0.5, 0.6) is 5.75 Å². The number of methoxy groups -OCH3 is 1. The molecule has 1 N–H and O–H groups in total. The van der Waals surface area contributed by atoms with Gasteiger partial charge in [-0.15, -0.1) is 0 Å². The Hall–Kier alpha value is -1.80. The zero-order valence-corrected chi connectivity index (χ0v) is 12.1. The lowest BCUT2D eigenvalue weighted by atomic mass is 9.90. The van der Waals surface area contributed by atoms with Crippen LogP contribution in [0.4, 0.5) is 0 Å². The van der Waals surface area contributed by atoms with Crippen LogP contribution in [0.15, 0.2) is 48.5 Å². The summed E-state index contributed by atoms with van der Waals surface area (Å²) in [5.74, 6) is 1.55. The number of rotatable bonds is 4.